The summed E-state index contributed by atoms with van der Waals surface area (Å²) in [6, 6.07) is 10.2. The van der Waals surface area contributed by atoms with Crippen LogP contribution >= 0.6 is 0 Å². The molecular formula is C20H25N5O4. The first kappa shape index (κ1) is 19.7. The van der Waals surface area contributed by atoms with Gasteiger partial charge >= 0.3 is 0 Å². The number of ether oxygens (including phenoxy) is 2. The first-order chi connectivity index (χ1) is 14.1. The highest BCUT2D eigenvalue weighted by Gasteiger charge is 2.44. The Morgan fingerprint density at radius 2 is 1.97 bits per heavy atom. The SMILES string of the molecule is COC[C@H]1O[C@@H](n2cnc3c(NCC(C)c4ccccc4)ncnc32)C(O)C1O. The number of fused-ring (bicyclic) bond motifs is 1. The van der Waals surface area contributed by atoms with Crippen LogP contribution in [0.5, 0.6) is 0 Å². The van der Waals surface area contributed by atoms with E-state index in [1.165, 1.54) is 19.0 Å². The van der Waals surface area contributed by atoms with Gasteiger partial charge in [-0.15, -0.1) is 0 Å². The van der Waals surface area contributed by atoms with Crippen LogP contribution in [0.3, 0.4) is 0 Å². The summed E-state index contributed by atoms with van der Waals surface area (Å²) in [5.74, 6) is 0.895. The van der Waals surface area contributed by atoms with Gasteiger partial charge in [-0.05, 0) is 11.5 Å². The maximum absolute atomic E-state index is 10.4. The minimum absolute atomic E-state index is 0.181. The second-order valence-electron chi connectivity index (χ2n) is 7.24. The van der Waals surface area contributed by atoms with Crippen LogP contribution in [-0.2, 0) is 9.47 Å². The van der Waals surface area contributed by atoms with Gasteiger partial charge in [0, 0.05) is 13.7 Å². The summed E-state index contributed by atoms with van der Waals surface area (Å²) in [5.41, 5.74) is 2.33. The second kappa shape index (κ2) is 8.42. The van der Waals surface area contributed by atoms with Crippen LogP contribution in [0.25, 0.3) is 11.2 Å². The van der Waals surface area contributed by atoms with E-state index in [0.29, 0.717) is 23.5 Å². The van der Waals surface area contributed by atoms with Crippen molar-refractivity contribution in [2.24, 2.45) is 0 Å². The van der Waals surface area contributed by atoms with Crippen molar-refractivity contribution in [3.63, 3.8) is 0 Å². The summed E-state index contributed by atoms with van der Waals surface area (Å²) >= 11 is 0. The van der Waals surface area contributed by atoms with Crippen molar-refractivity contribution >= 4 is 17.0 Å². The van der Waals surface area contributed by atoms with Gasteiger partial charge in [0.2, 0.25) is 0 Å². The summed E-state index contributed by atoms with van der Waals surface area (Å²) in [4.78, 5) is 13.0. The third-order valence-electron chi connectivity index (χ3n) is 5.25. The Kier molecular flexibility index (Phi) is 5.72. The maximum Gasteiger partial charge on any atom is 0.167 e. The summed E-state index contributed by atoms with van der Waals surface area (Å²) in [7, 11) is 1.52. The average molecular weight is 399 g/mol. The van der Waals surface area contributed by atoms with Gasteiger partial charge in [0.1, 0.15) is 24.6 Å². The second-order valence-corrected chi connectivity index (χ2v) is 7.24. The molecule has 3 N–H and O–H groups in total. The number of imidazole rings is 1. The normalized spacial score (nSPS) is 25.4. The van der Waals surface area contributed by atoms with E-state index >= 15 is 0 Å². The summed E-state index contributed by atoms with van der Waals surface area (Å²) < 4.78 is 12.5. The van der Waals surface area contributed by atoms with E-state index in [2.05, 4.69) is 39.3 Å². The maximum atomic E-state index is 10.4. The predicted octanol–water partition coefficient (Wildman–Crippen LogP) is 1.31. The zero-order chi connectivity index (χ0) is 20.4. The first-order valence-electron chi connectivity index (χ1n) is 9.57. The van der Waals surface area contributed by atoms with E-state index in [1.54, 1.807) is 10.9 Å². The summed E-state index contributed by atoms with van der Waals surface area (Å²) in [6.07, 6.45) is -0.605. The number of aromatic nitrogens is 4. The first-order valence-corrected chi connectivity index (χ1v) is 9.57. The highest BCUT2D eigenvalue weighted by atomic mass is 16.6. The van der Waals surface area contributed by atoms with Gasteiger partial charge in [-0.3, -0.25) is 4.57 Å². The number of nitrogens with zero attached hydrogens (tertiary/aromatic N) is 4. The van der Waals surface area contributed by atoms with Crippen molar-refractivity contribution in [3.05, 3.63) is 48.5 Å². The monoisotopic (exact) mass is 399 g/mol. The summed E-state index contributed by atoms with van der Waals surface area (Å²) in [6.45, 7) is 3.00. The van der Waals surface area contributed by atoms with Crippen LogP contribution in [0, 0.1) is 0 Å². The minimum atomic E-state index is -1.11. The Labute approximate surface area is 168 Å². The molecule has 1 saturated heterocycles. The van der Waals surface area contributed by atoms with Crippen LogP contribution < -0.4 is 5.32 Å². The van der Waals surface area contributed by atoms with Crippen molar-refractivity contribution in [1.82, 2.24) is 19.5 Å². The third kappa shape index (κ3) is 3.82. The quantitative estimate of drug-likeness (QED) is 0.545. The lowest BCUT2D eigenvalue weighted by molar-refractivity contribution is -0.0580. The Bertz CT molecular complexity index is 950. The van der Waals surface area contributed by atoms with Crippen molar-refractivity contribution in [2.75, 3.05) is 25.6 Å². The molecule has 3 unspecified atom stereocenters. The van der Waals surface area contributed by atoms with Crippen molar-refractivity contribution < 1.29 is 19.7 Å². The molecule has 29 heavy (non-hydrogen) atoms. The smallest absolute Gasteiger partial charge is 0.167 e. The van der Waals surface area contributed by atoms with Crippen molar-refractivity contribution in [2.45, 2.75) is 37.4 Å². The molecular weight excluding hydrogens is 374 g/mol. The average Bonchev–Trinajstić information content (AvgIpc) is 3.29. The van der Waals surface area contributed by atoms with Gasteiger partial charge < -0.3 is 25.0 Å². The van der Waals surface area contributed by atoms with E-state index < -0.39 is 24.5 Å². The standard InChI is InChI=1S/C20H25N5O4/c1-12(13-6-4-3-5-7-13)8-21-18-15-19(23-10-22-18)25(11-24-15)20-17(27)16(26)14(29-20)9-28-2/h3-7,10-12,14,16-17,20,26-27H,8-9H2,1-2H3,(H,21,22,23)/t12?,14-,16?,17?,20-/m1/s1. The number of nitrogens with one attached hydrogen (secondary N) is 1. The highest BCUT2D eigenvalue weighted by molar-refractivity contribution is 5.82. The number of rotatable bonds is 7. The van der Waals surface area contributed by atoms with Gasteiger partial charge in [0.25, 0.3) is 0 Å². The largest absolute Gasteiger partial charge is 0.387 e. The van der Waals surface area contributed by atoms with Crippen LogP contribution in [0.2, 0.25) is 0 Å². The molecule has 0 spiro atoms. The number of anilines is 1. The Hall–Kier alpha value is -2.59. The molecule has 1 aliphatic heterocycles. The summed E-state index contributed by atoms with van der Waals surface area (Å²) in [5, 5.41) is 24.0. The number of hydrogen-bond donors (Lipinski definition) is 3. The molecule has 1 fully saturated rings. The topological polar surface area (TPSA) is 115 Å². The van der Waals surface area contributed by atoms with Gasteiger partial charge in [0.15, 0.2) is 23.2 Å². The van der Waals surface area contributed by atoms with Gasteiger partial charge in [-0.25, -0.2) is 15.0 Å². The van der Waals surface area contributed by atoms with E-state index in [-0.39, 0.29) is 12.5 Å². The Morgan fingerprint density at radius 3 is 2.72 bits per heavy atom. The lowest BCUT2D eigenvalue weighted by Gasteiger charge is -2.17. The van der Waals surface area contributed by atoms with Crippen LogP contribution in [0.1, 0.15) is 24.6 Å². The van der Waals surface area contributed by atoms with Gasteiger partial charge in [-0.2, -0.15) is 0 Å². The van der Waals surface area contributed by atoms with Gasteiger partial charge in [-0.1, -0.05) is 37.3 Å². The van der Waals surface area contributed by atoms with E-state index in [4.69, 9.17) is 9.47 Å². The predicted molar refractivity (Wildman–Crippen MR) is 106 cm³/mol. The molecule has 0 aliphatic carbocycles. The molecule has 154 valence electrons. The van der Waals surface area contributed by atoms with E-state index in [1.807, 2.05) is 18.2 Å². The number of benzene rings is 1. The van der Waals surface area contributed by atoms with E-state index in [0.717, 1.165) is 0 Å². The number of hydrogen-bond acceptors (Lipinski definition) is 8. The minimum Gasteiger partial charge on any atom is -0.387 e. The molecule has 5 atom stereocenters. The lowest BCUT2D eigenvalue weighted by atomic mass is 10.0. The molecule has 0 radical (unpaired) electrons. The molecule has 0 bridgehead atoms. The number of aliphatic hydroxyl groups excluding tert-OH is 2. The fourth-order valence-corrected chi connectivity index (χ4v) is 3.58. The Morgan fingerprint density at radius 1 is 1.17 bits per heavy atom. The number of aliphatic hydroxyl groups is 2. The van der Waals surface area contributed by atoms with E-state index in [9.17, 15) is 10.2 Å². The molecule has 3 heterocycles. The molecule has 9 heteroatoms. The molecule has 9 nitrogen and oxygen atoms in total. The molecule has 0 amide bonds. The zero-order valence-corrected chi connectivity index (χ0v) is 16.3. The van der Waals surface area contributed by atoms with Crippen LogP contribution in [0.4, 0.5) is 5.82 Å². The Balaban J connectivity index is 1.54. The van der Waals surface area contributed by atoms with Crippen LogP contribution in [0.15, 0.2) is 43.0 Å². The molecule has 4 rings (SSSR count). The van der Waals surface area contributed by atoms with Crippen LogP contribution in [-0.4, -0.2) is 68.3 Å². The molecule has 3 aromatic rings. The molecule has 1 aromatic carbocycles. The van der Waals surface area contributed by atoms with Crippen molar-refractivity contribution in [3.8, 4) is 0 Å². The zero-order valence-electron chi connectivity index (χ0n) is 16.3. The highest BCUT2D eigenvalue weighted by Crippen LogP contribution is 2.32. The fraction of sp³-hybridized carbons (Fsp3) is 0.450. The molecule has 0 saturated carbocycles. The third-order valence-corrected chi connectivity index (χ3v) is 5.25. The lowest BCUT2D eigenvalue weighted by Crippen LogP contribution is -2.33. The molecule has 2 aromatic heterocycles. The number of methoxy groups -OCH3 is 1. The molecule has 1 aliphatic rings. The van der Waals surface area contributed by atoms with Crippen molar-refractivity contribution in [1.29, 1.82) is 0 Å². The fourth-order valence-electron chi connectivity index (χ4n) is 3.58. The van der Waals surface area contributed by atoms with Gasteiger partial charge in [0.05, 0.1) is 12.9 Å².